The van der Waals surface area contributed by atoms with Crippen molar-refractivity contribution >= 4 is 17.6 Å². The molecule has 0 aromatic heterocycles. The molecule has 1 atom stereocenters. The van der Waals surface area contributed by atoms with E-state index in [4.69, 9.17) is 0 Å². The Balaban J connectivity index is 1.32. The molecule has 1 aromatic carbocycles. The monoisotopic (exact) mass is 369 g/mol. The number of anilines is 1. The van der Waals surface area contributed by atoms with Gasteiger partial charge in [-0.15, -0.1) is 0 Å². The van der Waals surface area contributed by atoms with Crippen LogP contribution in [0, 0.1) is 5.92 Å². The first kappa shape index (κ1) is 18.0. The number of rotatable bonds is 6. The van der Waals surface area contributed by atoms with Crippen LogP contribution >= 0.6 is 11.9 Å². The van der Waals surface area contributed by atoms with Crippen molar-refractivity contribution in [2.75, 3.05) is 18.5 Å². The molecular weight excluding hydrogens is 338 g/mol. The fourth-order valence-corrected chi connectivity index (χ4v) is 5.28. The summed E-state index contributed by atoms with van der Waals surface area (Å²) < 4.78 is 0. The fourth-order valence-electron chi connectivity index (χ4n) is 4.75. The molecule has 2 aliphatic carbocycles. The van der Waals surface area contributed by atoms with Crippen molar-refractivity contribution in [1.29, 1.82) is 0 Å². The molecule has 140 valence electrons. The van der Waals surface area contributed by atoms with E-state index < -0.39 is 0 Å². The topological polar surface area (TPSA) is 27.3 Å². The van der Waals surface area contributed by atoms with Crippen LogP contribution in [0.3, 0.4) is 0 Å². The first-order valence-electron chi connectivity index (χ1n) is 10.1. The summed E-state index contributed by atoms with van der Waals surface area (Å²) in [5.41, 5.74) is 12.4. The maximum atomic E-state index is 4.09. The number of nitrogens with one attached hydrogen (secondary N) is 2. The summed E-state index contributed by atoms with van der Waals surface area (Å²) in [6, 6.07) is 2.49. The van der Waals surface area contributed by atoms with Crippen molar-refractivity contribution in [1.82, 2.24) is 9.73 Å². The third-order valence-corrected chi connectivity index (χ3v) is 6.64. The minimum atomic E-state index is 0.639. The van der Waals surface area contributed by atoms with Gasteiger partial charge in [-0.05, 0) is 104 Å². The molecule has 0 bridgehead atoms. The second kappa shape index (κ2) is 8.10. The Morgan fingerprint density at radius 3 is 2.58 bits per heavy atom. The maximum absolute atomic E-state index is 4.09. The molecule has 2 N–H and O–H groups in total. The normalized spacial score (nSPS) is 21.9. The number of hydrogen-bond acceptors (Lipinski definition) is 4. The van der Waals surface area contributed by atoms with Gasteiger partial charge in [-0.1, -0.05) is 18.7 Å². The lowest BCUT2D eigenvalue weighted by molar-refractivity contribution is 0.246. The second-order valence-corrected chi connectivity index (χ2v) is 8.70. The van der Waals surface area contributed by atoms with Gasteiger partial charge < -0.3 is 10.3 Å². The molecule has 1 unspecified atom stereocenters. The van der Waals surface area contributed by atoms with E-state index in [1.807, 2.05) is 0 Å². The van der Waals surface area contributed by atoms with Gasteiger partial charge in [0.2, 0.25) is 0 Å². The summed E-state index contributed by atoms with van der Waals surface area (Å²) >= 11 is 1.66. The van der Waals surface area contributed by atoms with Crippen molar-refractivity contribution in [2.45, 2.75) is 58.3 Å². The Hall–Kier alpha value is -1.39. The summed E-state index contributed by atoms with van der Waals surface area (Å²) in [5.74, 6) is 0.639. The van der Waals surface area contributed by atoms with Gasteiger partial charge in [-0.3, -0.25) is 0 Å². The van der Waals surface area contributed by atoms with Crippen LogP contribution in [0.15, 0.2) is 29.8 Å². The Kier molecular flexibility index (Phi) is 5.60. The van der Waals surface area contributed by atoms with Crippen molar-refractivity contribution in [3.05, 3.63) is 52.1 Å². The van der Waals surface area contributed by atoms with Crippen molar-refractivity contribution in [3.63, 3.8) is 0 Å². The number of hydrogen-bond donors (Lipinski definition) is 2. The molecule has 0 amide bonds. The highest BCUT2D eigenvalue weighted by Gasteiger charge is 2.23. The van der Waals surface area contributed by atoms with Gasteiger partial charge in [0.15, 0.2) is 0 Å². The largest absolute Gasteiger partial charge is 0.375 e. The lowest BCUT2D eigenvalue weighted by atomic mass is 9.98. The summed E-state index contributed by atoms with van der Waals surface area (Å²) in [5, 5.41) is 2.21. The number of allylic oxidation sites excluding steroid dienone is 1. The highest BCUT2D eigenvalue weighted by molar-refractivity contribution is 8.00. The minimum Gasteiger partial charge on any atom is -0.375 e. The first-order chi connectivity index (χ1) is 12.7. The predicted octanol–water partition coefficient (Wildman–Crippen LogP) is 4.99. The molecule has 3 aliphatic rings. The van der Waals surface area contributed by atoms with Crippen molar-refractivity contribution in [2.24, 2.45) is 5.92 Å². The SMILES string of the molecule is C=C(C)N1CCCC(/C=C/SNNc2c3c(cc4c2CCC4)CCC3)C1. The van der Waals surface area contributed by atoms with Crippen LogP contribution in [0.4, 0.5) is 5.69 Å². The van der Waals surface area contributed by atoms with E-state index in [1.165, 1.54) is 62.8 Å². The van der Waals surface area contributed by atoms with Crippen LogP contribution in [0.25, 0.3) is 0 Å². The predicted molar refractivity (Wildman–Crippen MR) is 113 cm³/mol. The molecule has 3 nitrogen and oxygen atoms in total. The van der Waals surface area contributed by atoms with Gasteiger partial charge in [0.1, 0.15) is 0 Å². The third-order valence-electron chi connectivity index (χ3n) is 6.12. The molecule has 26 heavy (non-hydrogen) atoms. The van der Waals surface area contributed by atoms with Gasteiger partial charge in [-0.2, -0.15) is 4.83 Å². The Morgan fingerprint density at radius 1 is 1.15 bits per heavy atom. The number of aryl methyl sites for hydroxylation is 2. The van der Waals surface area contributed by atoms with Crippen molar-refractivity contribution in [3.8, 4) is 0 Å². The van der Waals surface area contributed by atoms with E-state index in [2.05, 4.69) is 46.2 Å². The third kappa shape index (κ3) is 3.81. The van der Waals surface area contributed by atoms with Gasteiger partial charge in [0, 0.05) is 18.8 Å². The van der Waals surface area contributed by atoms with E-state index >= 15 is 0 Å². The molecule has 1 fully saturated rings. The zero-order valence-electron chi connectivity index (χ0n) is 15.9. The summed E-state index contributed by atoms with van der Waals surface area (Å²) in [4.78, 5) is 5.79. The summed E-state index contributed by atoms with van der Waals surface area (Å²) in [7, 11) is 0. The van der Waals surface area contributed by atoms with E-state index in [0.717, 1.165) is 13.1 Å². The number of nitrogens with zero attached hydrogens (tertiary/aromatic N) is 1. The minimum absolute atomic E-state index is 0.639. The Bertz CT molecular complexity index is 678. The van der Waals surface area contributed by atoms with E-state index in [-0.39, 0.29) is 0 Å². The highest BCUT2D eigenvalue weighted by Crippen LogP contribution is 2.38. The van der Waals surface area contributed by atoms with Crippen LogP contribution in [-0.4, -0.2) is 18.0 Å². The molecule has 1 aliphatic heterocycles. The standard InChI is InChI=1S/C22H31N3S/c1-16(2)25-12-5-6-17(15-25)11-13-26-24-23-22-20-9-3-7-18(20)14-19-8-4-10-21(19)22/h11,13-14,17,23-24H,1,3-10,12,15H2,2H3/b13-11+. The van der Waals surface area contributed by atoms with E-state index in [0.29, 0.717) is 5.92 Å². The zero-order valence-corrected chi connectivity index (χ0v) is 16.8. The van der Waals surface area contributed by atoms with E-state index in [1.54, 1.807) is 34.2 Å². The number of fused-ring (bicyclic) bond motifs is 2. The number of likely N-dealkylation sites (tertiary alicyclic amines) is 1. The molecule has 4 rings (SSSR count). The molecule has 0 spiro atoms. The van der Waals surface area contributed by atoms with Gasteiger partial charge in [0.05, 0.1) is 5.69 Å². The Labute approximate surface area is 162 Å². The Morgan fingerprint density at radius 2 is 1.88 bits per heavy atom. The average Bonchev–Trinajstić information content (AvgIpc) is 3.29. The summed E-state index contributed by atoms with van der Waals surface area (Å²) in [6.45, 7) is 8.48. The number of hydrazine groups is 1. The quantitative estimate of drug-likeness (QED) is 0.420. The second-order valence-electron chi connectivity index (χ2n) is 7.99. The first-order valence-corrected chi connectivity index (χ1v) is 11.0. The van der Waals surface area contributed by atoms with Gasteiger partial charge >= 0.3 is 0 Å². The summed E-state index contributed by atoms with van der Waals surface area (Å²) in [6.07, 6.45) is 12.5. The number of benzene rings is 1. The van der Waals surface area contributed by atoms with E-state index in [9.17, 15) is 0 Å². The van der Waals surface area contributed by atoms with Crippen LogP contribution < -0.4 is 10.3 Å². The van der Waals surface area contributed by atoms with Crippen LogP contribution in [0.2, 0.25) is 0 Å². The maximum Gasteiger partial charge on any atom is 0.0566 e. The highest BCUT2D eigenvalue weighted by atomic mass is 32.2. The van der Waals surface area contributed by atoms with Crippen molar-refractivity contribution < 1.29 is 0 Å². The lowest BCUT2D eigenvalue weighted by Gasteiger charge is -2.33. The molecule has 0 saturated carbocycles. The smallest absolute Gasteiger partial charge is 0.0566 e. The molecule has 4 heteroatoms. The van der Waals surface area contributed by atoms with Crippen LogP contribution in [0.5, 0.6) is 0 Å². The number of piperidine rings is 1. The fraction of sp³-hybridized carbons (Fsp3) is 0.545. The van der Waals surface area contributed by atoms with Gasteiger partial charge in [-0.25, -0.2) is 0 Å². The zero-order chi connectivity index (χ0) is 17.9. The molecule has 1 aromatic rings. The lowest BCUT2D eigenvalue weighted by Crippen LogP contribution is -2.32. The molecule has 1 heterocycles. The van der Waals surface area contributed by atoms with Gasteiger partial charge in [0.25, 0.3) is 0 Å². The molecule has 0 radical (unpaired) electrons. The van der Waals surface area contributed by atoms with Crippen LogP contribution in [-0.2, 0) is 25.7 Å². The van der Waals surface area contributed by atoms with Crippen LogP contribution in [0.1, 0.15) is 54.9 Å². The molecule has 1 saturated heterocycles. The molecular formula is C22H31N3S. The average molecular weight is 370 g/mol.